The normalized spacial score (nSPS) is 13.3. The molecule has 8 heteroatoms. The molecule has 5 N–H and O–H groups in total. The van der Waals surface area contributed by atoms with Crippen molar-refractivity contribution in [3.05, 3.63) is 59.9 Å². The van der Waals surface area contributed by atoms with E-state index in [-0.39, 0.29) is 11.5 Å². The number of anilines is 4. The van der Waals surface area contributed by atoms with Crippen LogP contribution < -0.4 is 26.4 Å². The van der Waals surface area contributed by atoms with Gasteiger partial charge in [0.15, 0.2) is 11.5 Å². The number of carbonyl (C=O) groups is 1. The number of aryl methyl sites for hydroxylation is 1. The molecule has 8 nitrogen and oxygen atoms in total. The van der Waals surface area contributed by atoms with Crippen molar-refractivity contribution in [2.24, 2.45) is 5.73 Å². The van der Waals surface area contributed by atoms with E-state index >= 15 is 0 Å². The van der Waals surface area contributed by atoms with E-state index in [0.717, 1.165) is 18.8 Å². The van der Waals surface area contributed by atoms with Crippen LogP contribution in [0.4, 0.5) is 22.9 Å². The molecule has 1 saturated heterocycles. The average molecular weight is 419 g/mol. The summed E-state index contributed by atoms with van der Waals surface area (Å²) in [4.78, 5) is 23.4. The first-order valence-corrected chi connectivity index (χ1v) is 10.4. The van der Waals surface area contributed by atoms with Crippen LogP contribution in [-0.2, 0) is 6.42 Å². The van der Waals surface area contributed by atoms with Crippen LogP contribution >= 0.6 is 0 Å². The zero-order valence-electron chi connectivity index (χ0n) is 17.5. The van der Waals surface area contributed by atoms with Gasteiger partial charge in [-0.05, 0) is 55.7 Å². The molecule has 1 aliphatic heterocycles. The Morgan fingerprint density at radius 3 is 2.52 bits per heavy atom. The Morgan fingerprint density at radius 2 is 1.87 bits per heavy atom. The SMILES string of the molecule is CCc1nc(C(N)=O)c(Nc2ccc(N3CCCC3)cc2)nc1Oc1cccc(N)c1. The molecule has 0 spiro atoms. The summed E-state index contributed by atoms with van der Waals surface area (Å²) in [5, 5.41) is 3.16. The van der Waals surface area contributed by atoms with E-state index in [1.165, 1.54) is 18.5 Å². The molecule has 0 unspecified atom stereocenters. The molecular weight excluding hydrogens is 392 g/mol. The van der Waals surface area contributed by atoms with Gasteiger partial charge in [0, 0.05) is 36.2 Å². The number of benzene rings is 2. The number of amides is 1. The highest BCUT2D eigenvalue weighted by Gasteiger charge is 2.19. The molecule has 2 heterocycles. The fourth-order valence-corrected chi connectivity index (χ4v) is 3.58. The van der Waals surface area contributed by atoms with Crippen LogP contribution in [0.3, 0.4) is 0 Å². The summed E-state index contributed by atoms with van der Waals surface area (Å²) in [5.74, 6) is 0.428. The van der Waals surface area contributed by atoms with Crippen LogP contribution in [0.25, 0.3) is 0 Å². The minimum atomic E-state index is -0.658. The number of rotatable bonds is 7. The van der Waals surface area contributed by atoms with E-state index in [2.05, 4.69) is 32.3 Å². The number of nitrogen functional groups attached to an aromatic ring is 1. The van der Waals surface area contributed by atoms with Crippen LogP contribution in [-0.4, -0.2) is 29.0 Å². The van der Waals surface area contributed by atoms with Gasteiger partial charge < -0.3 is 26.4 Å². The fourth-order valence-electron chi connectivity index (χ4n) is 3.58. The third kappa shape index (κ3) is 4.69. The lowest BCUT2D eigenvalue weighted by Crippen LogP contribution is -2.18. The van der Waals surface area contributed by atoms with Gasteiger partial charge in [-0.1, -0.05) is 13.0 Å². The maximum Gasteiger partial charge on any atom is 0.271 e. The highest BCUT2D eigenvalue weighted by molar-refractivity contribution is 5.96. The molecule has 160 valence electrons. The molecule has 1 amide bonds. The van der Waals surface area contributed by atoms with Crippen molar-refractivity contribution >= 4 is 28.8 Å². The standard InChI is InChI=1S/C23H26N6O2/c1-2-19-23(31-18-7-5-6-15(24)14-18)28-22(20(27-19)21(25)30)26-16-8-10-17(11-9-16)29-12-3-4-13-29/h5-11,14H,2-4,12-13,24H2,1H3,(H2,25,30)(H,26,28). The molecule has 1 fully saturated rings. The molecular formula is C23H26N6O2. The van der Waals surface area contributed by atoms with E-state index in [1.54, 1.807) is 24.3 Å². The van der Waals surface area contributed by atoms with Gasteiger partial charge in [0.1, 0.15) is 11.4 Å². The quantitative estimate of drug-likeness (QED) is 0.498. The van der Waals surface area contributed by atoms with Crippen molar-refractivity contribution in [3.63, 3.8) is 0 Å². The summed E-state index contributed by atoms with van der Waals surface area (Å²) in [6.07, 6.45) is 2.96. The average Bonchev–Trinajstić information content (AvgIpc) is 3.29. The maximum atomic E-state index is 12.0. The third-order valence-electron chi connectivity index (χ3n) is 5.17. The number of nitrogens with zero attached hydrogens (tertiary/aromatic N) is 3. The van der Waals surface area contributed by atoms with Gasteiger partial charge in [-0.15, -0.1) is 0 Å². The monoisotopic (exact) mass is 418 g/mol. The highest BCUT2D eigenvalue weighted by Crippen LogP contribution is 2.29. The van der Waals surface area contributed by atoms with E-state index in [4.69, 9.17) is 16.2 Å². The van der Waals surface area contributed by atoms with Crippen LogP contribution in [0.15, 0.2) is 48.5 Å². The first-order chi connectivity index (χ1) is 15.0. The Morgan fingerprint density at radius 1 is 1.13 bits per heavy atom. The van der Waals surface area contributed by atoms with Gasteiger partial charge in [-0.2, -0.15) is 4.98 Å². The van der Waals surface area contributed by atoms with Crippen molar-refractivity contribution in [1.82, 2.24) is 9.97 Å². The molecule has 0 saturated carbocycles. The zero-order chi connectivity index (χ0) is 21.8. The summed E-state index contributed by atoms with van der Waals surface area (Å²) < 4.78 is 5.93. The maximum absolute atomic E-state index is 12.0. The highest BCUT2D eigenvalue weighted by atomic mass is 16.5. The summed E-state index contributed by atoms with van der Waals surface area (Å²) in [5.41, 5.74) is 14.6. The third-order valence-corrected chi connectivity index (χ3v) is 5.17. The number of nitrogens with one attached hydrogen (secondary N) is 1. The van der Waals surface area contributed by atoms with Gasteiger partial charge in [0.25, 0.3) is 5.91 Å². The second-order valence-corrected chi connectivity index (χ2v) is 7.43. The van der Waals surface area contributed by atoms with Gasteiger partial charge >= 0.3 is 0 Å². The van der Waals surface area contributed by atoms with E-state index in [1.807, 2.05) is 19.1 Å². The molecule has 0 aliphatic carbocycles. The molecule has 2 aromatic carbocycles. The van der Waals surface area contributed by atoms with E-state index in [9.17, 15) is 4.79 Å². The topological polar surface area (TPSA) is 119 Å². The number of nitrogens with two attached hydrogens (primary N) is 2. The minimum Gasteiger partial charge on any atom is -0.437 e. The smallest absolute Gasteiger partial charge is 0.271 e. The summed E-state index contributed by atoms with van der Waals surface area (Å²) in [6, 6.07) is 15.1. The van der Waals surface area contributed by atoms with Gasteiger partial charge in [-0.25, -0.2) is 4.98 Å². The van der Waals surface area contributed by atoms with Crippen molar-refractivity contribution in [2.45, 2.75) is 26.2 Å². The second-order valence-electron chi connectivity index (χ2n) is 7.43. The fraction of sp³-hybridized carbons (Fsp3) is 0.261. The number of ether oxygens (including phenoxy) is 1. The lowest BCUT2D eigenvalue weighted by Gasteiger charge is -2.18. The number of carbonyl (C=O) groups excluding carboxylic acids is 1. The predicted molar refractivity (Wildman–Crippen MR) is 122 cm³/mol. The van der Waals surface area contributed by atoms with Crippen molar-refractivity contribution in [2.75, 3.05) is 29.0 Å². The number of aromatic nitrogens is 2. The number of primary amides is 1. The molecule has 1 aliphatic rings. The first kappa shape index (κ1) is 20.5. The zero-order valence-corrected chi connectivity index (χ0v) is 17.5. The van der Waals surface area contributed by atoms with Crippen molar-refractivity contribution in [3.8, 4) is 11.6 Å². The van der Waals surface area contributed by atoms with Crippen LogP contribution in [0.1, 0.15) is 35.9 Å². The summed E-state index contributed by atoms with van der Waals surface area (Å²) in [6.45, 7) is 4.06. The summed E-state index contributed by atoms with van der Waals surface area (Å²) >= 11 is 0. The Labute approximate surface area is 181 Å². The molecule has 0 atom stereocenters. The Kier molecular flexibility index (Phi) is 5.88. The predicted octanol–water partition coefficient (Wildman–Crippen LogP) is 3.86. The lowest BCUT2D eigenvalue weighted by atomic mass is 10.2. The largest absolute Gasteiger partial charge is 0.437 e. The first-order valence-electron chi connectivity index (χ1n) is 10.4. The molecule has 0 bridgehead atoms. The molecule has 4 rings (SSSR count). The van der Waals surface area contributed by atoms with Crippen LogP contribution in [0, 0.1) is 0 Å². The van der Waals surface area contributed by atoms with Crippen LogP contribution in [0.2, 0.25) is 0 Å². The summed E-state index contributed by atoms with van der Waals surface area (Å²) in [7, 11) is 0. The Bertz CT molecular complexity index is 1080. The number of hydrogen-bond donors (Lipinski definition) is 3. The van der Waals surface area contributed by atoms with Crippen LogP contribution in [0.5, 0.6) is 11.6 Å². The van der Waals surface area contributed by atoms with E-state index in [0.29, 0.717) is 29.4 Å². The molecule has 3 aromatic rings. The van der Waals surface area contributed by atoms with Crippen molar-refractivity contribution in [1.29, 1.82) is 0 Å². The second kappa shape index (κ2) is 8.91. The van der Waals surface area contributed by atoms with Gasteiger partial charge in [-0.3, -0.25) is 4.79 Å². The molecule has 0 radical (unpaired) electrons. The van der Waals surface area contributed by atoms with E-state index < -0.39 is 5.91 Å². The minimum absolute atomic E-state index is 0.0698. The Balaban J connectivity index is 1.64. The number of hydrogen-bond acceptors (Lipinski definition) is 7. The Hall–Kier alpha value is -3.81. The van der Waals surface area contributed by atoms with Gasteiger partial charge in [0.05, 0.1) is 0 Å². The van der Waals surface area contributed by atoms with Gasteiger partial charge in [0.2, 0.25) is 5.88 Å². The van der Waals surface area contributed by atoms with Crippen molar-refractivity contribution < 1.29 is 9.53 Å². The lowest BCUT2D eigenvalue weighted by molar-refractivity contribution is 0.0996. The molecule has 1 aromatic heterocycles. The molecule has 31 heavy (non-hydrogen) atoms.